The molecule has 3 nitrogen and oxygen atoms in total. The van der Waals surface area contributed by atoms with Crippen LogP contribution in [0.25, 0.3) is 0 Å². The van der Waals surface area contributed by atoms with E-state index in [9.17, 15) is 0 Å². The number of hydrogen-bond donors (Lipinski definition) is 2. The Morgan fingerprint density at radius 2 is 1.88 bits per heavy atom. The van der Waals surface area contributed by atoms with Gasteiger partial charge in [0.25, 0.3) is 0 Å². The minimum absolute atomic E-state index is 0.547. The van der Waals surface area contributed by atoms with Crippen LogP contribution in [0.1, 0.15) is 29.2 Å². The number of rotatable bonds is 3. The molecule has 0 atom stereocenters. The van der Waals surface area contributed by atoms with E-state index in [0.717, 1.165) is 12.1 Å². The maximum absolute atomic E-state index is 5.02. The molecule has 2 N–H and O–H groups in total. The van der Waals surface area contributed by atoms with E-state index in [2.05, 4.69) is 48.7 Å². The largest absolute Gasteiger partial charge is 0.362 e. The first-order valence-electron chi connectivity index (χ1n) is 5.69. The number of hydrogen-bond acceptors (Lipinski definition) is 2. The van der Waals surface area contributed by atoms with Crippen molar-refractivity contribution in [1.29, 1.82) is 0 Å². The second-order valence-electron chi connectivity index (χ2n) is 4.04. The van der Waals surface area contributed by atoms with Gasteiger partial charge in [-0.3, -0.25) is 5.43 Å². The van der Waals surface area contributed by atoms with Crippen molar-refractivity contribution in [1.82, 2.24) is 10.7 Å². The van der Waals surface area contributed by atoms with Crippen LogP contribution in [0.4, 0.5) is 0 Å². The van der Waals surface area contributed by atoms with Gasteiger partial charge < -0.3 is 5.32 Å². The van der Waals surface area contributed by atoms with Crippen molar-refractivity contribution < 1.29 is 0 Å². The topological polar surface area (TPSA) is 36.4 Å². The van der Waals surface area contributed by atoms with E-state index in [1.807, 2.05) is 13.1 Å². The Kier molecular flexibility index (Phi) is 5.10. The number of nitrogens with zero attached hydrogens (tertiary/aromatic N) is 1. The van der Waals surface area contributed by atoms with Gasteiger partial charge in [-0.15, -0.1) is 0 Å². The summed E-state index contributed by atoms with van der Waals surface area (Å²) < 4.78 is 0. The monoisotopic (exact) mass is 249 g/mol. The van der Waals surface area contributed by atoms with Crippen molar-refractivity contribution in [3.05, 3.63) is 34.4 Å². The Bertz CT molecular complexity index is 415. The molecule has 0 saturated carbocycles. The molecule has 0 heterocycles. The smallest absolute Gasteiger partial charge is 0.186 e. The normalized spacial score (nSPS) is 10.6. The minimum Gasteiger partial charge on any atom is -0.362 e. The minimum atomic E-state index is 0.547. The molecular weight excluding hydrogens is 230 g/mol. The van der Waals surface area contributed by atoms with E-state index in [1.165, 1.54) is 16.7 Å². The third-order valence-corrected chi connectivity index (χ3v) is 2.67. The molecule has 1 aromatic rings. The van der Waals surface area contributed by atoms with Crippen molar-refractivity contribution in [3.63, 3.8) is 0 Å². The van der Waals surface area contributed by atoms with Crippen molar-refractivity contribution in [2.45, 2.75) is 27.7 Å². The number of hydrazone groups is 1. The van der Waals surface area contributed by atoms with E-state index in [0.29, 0.717) is 5.11 Å². The van der Waals surface area contributed by atoms with Gasteiger partial charge in [-0.25, -0.2) is 0 Å². The maximum Gasteiger partial charge on any atom is 0.186 e. The molecule has 1 rings (SSSR count). The zero-order valence-corrected chi connectivity index (χ0v) is 11.6. The first kappa shape index (κ1) is 13.6. The Balaban J connectivity index is 2.75. The van der Waals surface area contributed by atoms with E-state index >= 15 is 0 Å². The van der Waals surface area contributed by atoms with E-state index in [-0.39, 0.29) is 0 Å². The van der Waals surface area contributed by atoms with Crippen LogP contribution >= 0.6 is 12.2 Å². The lowest BCUT2D eigenvalue weighted by molar-refractivity contribution is 0.904. The molecule has 92 valence electrons. The number of thiocarbonyl (C=S) groups is 1. The van der Waals surface area contributed by atoms with Gasteiger partial charge in [-0.1, -0.05) is 17.7 Å². The summed E-state index contributed by atoms with van der Waals surface area (Å²) >= 11 is 5.02. The average molecular weight is 249 g/mol. The van der Waals surface area contributed by atoms with Crippen molar-refractivity contribution in [2.24, 2.45) is 5.10 Å². The molecule has 0 aliphatic carbocycles. The molecule has 0 aliphatic heterocycles. The van der Waals surface area contributed by atoms with Crippen molar-refractivity contribution in [3.8, 4) is 0 Å². The predicted molar refractivity (Wildman–Crippen MR) is 77.7 cm³/mol. The van der Waals surface area contributed by atoms with Crippen LogP contribution in [0.15, 0.2) is 17.2 Å². The van der Waals surface area contributed by atoms with E-state index < -0.39 is 0 Å². The van der Waals surface area contributed by atoms with Crippen molar-refractivity contribution >= 4 is 23.5 Å². The molecule has 17 heavy (non-hydrogen) atoms. The highest BCUT2D eigenvalue weighted by Crippen LogP contribution is 2.13. The van der Waals surface area contributed by atoms with Gasteiger partial charge in [0.05, 0.1) is 6.21 Å². The van der Waals surface area contributed by atoms with Gasteiger partial charge >= 0.3 is 0 Å². The average Bonchev–Trinajstić information content (AvgIpc) is 2.22. The Morgan fingerprint density at radius 3 is 2.41 bits per heavy atom. The van der Waals surface area contributed by atoms with E-state index in [1.54, 1.807) is 0 Å². The lowest BCUT2D eigenvalue weighted by Gasteiger charge is -2.07. The van der Waals surface area contributed by atoms with Crippen LogP contribution in [0.2, 0.25) is 0 Å². The molecule has 0 radical (unpaired) electrons. The SMILES string of the molecule is CCNC(=S)NN=Cc1c(C)cc(C)cc1C. The lowest BCUT2D eigenvalue weighted by atomic mass is 10.0. The van der Waals surface area contributed by atoms with Gasteiger partial charge in [0.2, 0.25) is 0 Å². The molecule has 0 bridgehead atoms. The zero-order chi connectivity index (χ0) is 12.8. The van der Waals surface area contributed by atoms with Gasteiger partial charge in [-0.2, -0.15) is 5.10 Å². The quantitative estimate of drug-likeness (QED) is 0.491. The molecule has 0 spiro atoms. The van der Waals surface area contributed by atoms with E-state index in [4.69, 9.17) is 12.2 Å². The summed E-state index contributed by atoms with van der Waals surface area (Å²) in [6, 6.07) is 4.30. The fourth-order valence-electron chi connectivity index (χ4n) is 1.75. The molecule has 0 unspecified atom stereocenters. The molecule has 0 amide bonds. The van der Waals surface area contributed by atoms with Crippen LogP contribution in [-0.4, -0.2) is 17.9 Å². The lowest BCUT2D eigenvalue weighted by Crippen LogP contribution is -2.31. The van der Waals surface area contributed by atoms with Crippen LogP contribution in [-0.2, 0) is 0 Å². The first-order valence-corrected chi connectivity index (χ1v) is 6.10. The van der Waals surface area contributed by atoms with Gasteiger partial charge in [-0.05, 0) is 51.0 Å². The number of aryl methyl sites for hydroxylation is 3. The molecule has 0 aromatic heterocycles. The molecule has 0 fully saturated rings. The highest BCUT2D eigenvalue weighted by molar-refractivity contribution is 7.80. The van der Waals surface area contributed by atoms with Crippen molar-refractivity contribution in [2.75, 3.05) is 6.54 Å². The summed E-state index contributed by atoms with van der Waals surface area (Å²) in [6.07, 6.45) is 1.81. The maximum atomic E-state index is 5.02. The van der Waals surface area contributed by atoms with Gasteiger partial charge in [0, 0.05) is 12.1 Å². The number of nitrogens with one attached hydrogen (secondary N) is 2. The standard InChI is InChI=1S/C13H19N3S/c1-5-14-13(17)16-15-8-12-10(3)6-9(2)7-11(12)4/h6-8H,5H2,1-4H3,(H2,14,16,17). The van der Waals surface area contributed by atoms with Crippen LogP contribution in [0.5, 0.6) is 0 Å². The summed E-state index contributed by atoms with van der Waals surface area (Å²) in [5.41, 5.74) is 7.65. The highest BCUT2D eigenvalue weighted by atomic mass is 32.1. The molecular formula is C13H19N3S. The molecule has 4 heteroatoms. The molecule has 0 saturated heterocycles. The van der Waals surface area contributed by atoms with Crippen LogP contribution in [0, 0.1) is 20.8 Å². The Hall–Kier alpha value is -1.42. The predicted octanol–water partition coefficient (Wildman–Crippen LogP) is 2.43. The van der Waals surface area contributed by atoms with Gasteiger partial charge in [0.1, 0.15) is 0 Å². The molecule has 1 aromatic carbocycles. The summed E-state index contributed by atoms with van der Waals surface area (Å²) in [7, 11) is 0. The van der Waals surface area contributed by atoms with Gasteiger partial charge in [0.15, 0.2) is 5.11 Å². The van der Waals surface area contributed by atoms with Crippen LogP contribution in [0.3, 0.4) is 0 Å². The summed E-state index contributed by atoms with van der Waals surface area (Å²) in [4.78, 5) is 0. The summed E-state index contributed by atoms with van der Waals surface area (Å²) in [5, 5.41) is 7.66. The molecule has 0 aliphatic rings. The first-order chi connectivity index (χ1) is 8.04. The summed E-state index contributed by atoms with van der Waals surface area (Å²) in [5.74, 6) is 0. The third kappa shape index (κ3) is 4.15. The number of benzene rings is 1. The fourth-order valence-corrected chi connectivity index (χ4v) is 1.95. The zero-order valence-electron chi connectivity index (χ0n) is 10.8. The van der Waals surface area contributed by atoms with Crippen LogP contribution < -0.4 is 10.7 Å². The third-order valence-electron chi connectivity index (χ3n) is 2.44. The Morgan fingerprint density at radius 1 is 1.29 bits per heavy atom. The second-order valence-corrected chi connectivity index (χ2v) is 4.45. The highest BCUT2D eigenvalue weighted by Gasteiger charge is 2.00. The fraction of sp³-hybridized carbons (Fsp3) is 0.385. The summed E-state index contributed by atoms with van der Waals surface area (Å²) in [6.45, 7) is 9.06. The second kappa shape index (κ2) is 6.35. The Labute approximate surface area is 108 Å².